The molecular formula is C12H18O4S. The van der Waals surface area contributed by atoms with Crippen molar-refractivity contribution in [3.05, 3.63) is 0 Å². The number of hydrogen-bond acceptors (Lipinski definition) is 5. The van der Waals surface area contributed by atoms with E-state index >= 15 is 0 Å². The molecule has 0 radical (unpaired) electrons. The van der Waals surface area contributed by atoms with Crippen molar-refractivity contribution >= 4 is 23.7 Å². The van der Waals surface area contributed by atoms with Crippen LogP contribution in [0.4, 0.5) is 0 Å². The van der Waals surface area contributed by atoms with Gasteiger partial charge in [0.05, 0.1) is 12.3 Å². The summed E-state index contributed by atoms with van der Waals surface area (Å²) in [5, 5.41) is 0. The molecule has 2 rings (SSSR count). The second kappa shape index (κ2) is 4.52. The molecule has 3 atom stereocenters. The van der Waals surface area contributed by atoms with E-state index in [-0.39, 0.29) is 41.7 Å². The fourth-order valence-corrected chi connectivity index (χ4v) is 3.00. The summed E-state index contributed by atoms with van der Waals surface area (Å²) in [5.74, 6) is 0.574. The molecule has 0 aromatic carbocycles. The SMILES string of the molecule is CSCCOC(=O)CC1OC(=O)C2C1C2(C)C. The average molecular weight is 258 g/mol. The quantitative estimate of drug-likeness (QED) is 0.552. The molecule has 4 nitrogen and oxygen atoms in total. The van der Waals surface area contributed by atoms with Gasteiger partial charge in [-0.25, -0.2) is 0 Å². The van der Waals surface area contributed by atoms with Crippen LogP contribution in [0.3, 0.4) is 0 Å². The minimum atomic E-state index is -0.274. The van der Waals surface area contributed by atoms with Gasteiger partial charge in [-0.15, -0.1) is 0 Å². The highest BCUT2D eigenvalue weighted by atomic mass is 32.2. The summed E-state index contributed by atoms with van der Waals surface area (Å²) in [7, 11) is 0. The average Bonchev–Trinajstić information content (AvgIpc) is 2.62. The number of fused-ring (bicyclic) bond motifs is 1. The maximum absolute atomic E-state index is 11.5. The van der Waals surface area contributed by atoms with E-state index in [1.807, 2.05) is 6.26 Å². The first-order valence-electron chi connectivity index (χ1n) is 5.83. The van der Waals surface area contributed by atoms with Gasteiger partial charge < -0.3 is 9.47 Å². The van der Waals surface area contributed by atoms with Crippen LogP contribution < -0.4 is 0 Å². The van der Waals surface area contributed by atoms with Crippen LogP contribution in [0.25, 0.3) is 0 Å². The molecule has 0 amide bonds. The van der Waals surface area contributed by atoms with Crippen molar-refractivity contribution in [1.82, 2.24) is 0 Å². The summed E-state index contributed by atoms with van der Waals surface area (Å²) >= 11 is 1.63. The summed E-state index contributed by atoms with van der Waals surface area (Å²) in [4.78, 5) is 23.0. The van der Waals surface area contributed by atoms with Gasteiger partial charge in [0.1, 0.15) is 12.7 Å². The molecule has 0 aromatic heterocycles. The van der Waals surface area contributed by atoms with E-state index in [2.05, 4.69) is 13.8 Å². The van der Waals surface area contributed by atoms with E-state index in [0.29, 0.717) is 6.61 Å². The molecule has 5 heteroatoms. The van der Waals surface area contributed by atoms with Crippen LogP contribution in [0.5, 0.6) is 0 Å². The molecule has 1 heterocycles. The molecule has 17 heavy (non-hydrogen) atoms. The van der Waals surface area contributed by atoms with E-state index < -0.39 is 0 Å². The van der Waals surface area contributed by atoms with Crippen molar-refractivity contribution in [1.29, 1.82) is 0 Å². The van der Waals surface area contributed by atoms with Gasteiger partial charge in [-0.3, -0.25) is 9.59 Å². The summed E-state index contributed by atoms with van der Waals surface area (Å²) in [6.07, 6.45) is 1.89. The number of hydrogen-bond donors (Lipinski definition) is 0. The highest BCUT2D eigenvalue weighted by molar-refractivity contribution is 7.98. The smallest absolute Gasteiger partial charge is 0.310 e. The first-order valence-corrected chi connectivity index (χ1v) is 7.23. The Morgan fingerprint density at radius 3 is 2.76 bits per heavy atom. The van der Waals surface area contributed by atoms with Gasteiger partial charge in [-0.2, -0.15) is 11.8 Å². The topological polar surface area (TPSA) is 52.6 Å². The van der Waals surface area contributed by atoms with Crippen molar-refractivity contribution in [2.75, 3.05) is 18.6 Å². The number of cyclic esters (lactones) is 1. The lowest BCUT2D eigenvalue weighted by molar-refractivity contribution is -0.153. The van der Waals surface area contributed by atoms with Crippen LogP contribution >= 0.6 is 11.8 Å². The number of carbonyl (C=O) groups is 2. The minimum absolute atomic E-state index is 0.000446. The van der Waals surface area contributed by atoms with Gasteiger partial charge in [0.2, 0.25) is 0 Å². The fourth-order valence-electron chi connectivity index (χ4n) is 2.75. The molecule has 3 unspecified atom stereocenters. The van der Waals surface area contributed by atoms with Gasteiger partial charge in [0.25, 0.3) is 0 Å². The number of carbonyl (C=O) groups excluding carboxylic acids is 2. The van der Waals surface area contributed by atoms with Crippen LogP contribution in [-0.2, 0) is 19.1 Å². The predicted octanol–water partition coefficient (Wildman–Crippen LogP) is 1.48. The third-order valence-electron chi connectivity index (χ3n) is 3.75. The number of esters is 2. The lowest BCUT2D eigenvalue weighted by Gasteiger charge is -2.17. The van der Waals surface area contributed by atoms with Crippen LogP contribution in [0.15, 0.2) is 0 Å². The van der Waals surface area contributed by atoms with Crippen LogP contribution in [0, 0.1) is 17.3 Å². The Labute approximate surface area is 105 Å². The summed E-state index contributed by atoms with van der Waals surface area (Å²) < 4.78 is 10.3. The molecular weight excluding hydrogens is 240 g/mol. The fraction of sp³-hybridized carbons (Fsp3) is 0.833. The summed E-state index contributed by atoms with van der Waals surface area (Å²) in [6.45, 7) is 4.53. The normalized spacial score (nSPS) is 32.9. The highest BCUT2D eigenvalue weighted by Gasteiger charge is 2.71. The van der Waals surface area contributed by atoms with Crippen molar-refractivity contribution in [3.63, 3.8) is 0 Å². The van der Waals surface area contributed by atoms with Crippen molar-refractivity contribution in [2.24, 2.45) is 17.3 Å². The predicted molar refractivity (Wildman–Crippen MR) is 64.6 cm³/mol. The lowest BCUT2D eigenvalue weighted by atomic mass is 10.0. The van der Waals surface area contributed by atoms with Crippen LogP contribution in [-0.4, -0.2) is 36.7 Å². The minimum Gasteiger partial charge on any atom is -0.465 e. The number of rotatable bonds is 5. The van der Waals surface area contributed by atoms with E-state index in [1.54, 1.807) is 11.8 Å². The largest absolute Gasteiger partial charge is 0.465 e. The lowest BCUT2D eigenvalue weighted by Crippen LogP contribution is -2.24. The van der Waals surface area contributed by atoms with Crippen LogP contribution in [0.1, 0.15) is 20.3 Å². The second-order valence-corrected chi connectivity index (χ2v) is 6.20. The Kier molecular flexibility index (Phi) is 3.39. The molecule has 2 aliphatic rings. The van der Waals surface area contributed by atoms with E-state index in [4.69, 9.17) is 9.47 Å². The van der Waals surface area contributed by atoms with E-state index in [1.165, 1.54) is 0 Å². The molecule has 1 saturated carbocycles. The Morgan fingerprint density at radius 2 is 2.24 bits per heavy atom. The van der Waals surface area contributed by atoms with Crippen molar-refractivity contribution in [2.45, 2.75) is 26.4 Å². The molecule has 0 aromatic rings. The number of thioether (sulfide) groups is 1. The molecule has 96 valence electrons. The third-order valence-corrected chi connectivity index (χ3v) is 4.33. The first kappa shape index (κ1) is 12.7. The van der Waals surface area contributed by atoms with Gasteiger partial charge in [0, 0.05) is 11.7 Å². The maximum atomic E-state index is 11.5. The standard InChI is InChI=1S/C12H18O4S/c1-12(2)9-7(16-11(14)10(9)12)6-8(13)15-4-5-17-3/h7,9-10H,4-6H2,1-3H3. The summed E-state index contributed by atoms with van der Waals surface area (Å²) in [6, 6.07) is 0. The summed E-state index contributed by atoms with van der Waals surface area (Å²) in [5.41, 5.74) is -0.000446. The molecule has 0 bridgehead atoms. The Balaban J connectivity index is 1.81. The van der Waals surface area contributed by atoms with Gasteiger partial charge in [-0.1, -0.05) is 13.8 Å². The molecule has 1 aliphatic heterocycles. The molecule has 1 aliphatic carbocycles. The molecule has 0 spiro atoms. The molecule has 2 fully saturated rings. The Bertz CT molecular complexity index is 339. The Hall–Kier alpha value is -0.710. The highest BCUT2D eigenvalue weighted by Crippen LogP contribution is 2.65. The zero-order valence-corrected chi connectivity index (χ0v) is 11.2. The van der Waals surface area contributed by atoms with Gasteiger partial charge in [-0.05, 0) is 11.7 Å². The Morgan fingerprint density at radius 1 is 1.53 bits per heavy atom. The second-order valence-electron chi connectivity index (χ2n) is 5.22. The number of ether oxygens (including phenoxy) is 2. The van der Waals surface area contributed by atoms with Crippen molar-refractivity contribution < 1.29 is 19.1 Å². The molecule has 1 saturated heterocycles. The zero-order chi connectivity index (χ0) is 12.6. The van der Waals surface area contributed by atoms with Gasteiger partial charge >= 0.3 is 11.9 Å². The molecule has 0 N–H and O–H groups in total. The maximum Gasteiger partial charge on any atom is 0.310 e. The van der Waals surface area contributed by atoms with E-state index in [0.717, 1.165) is 5.75 Å². The van der Waals surface area contributed by atoms with Gasteiger partial charge in [0.15, 0.2) is 0 Å². The van der Waals surface area contributed by atoms with Crippen molar-refractivity contribution in [3.8, 4) is 0 Å². The van der Waals surface area contributed by atoms with Crippen LogP contribution in [0.2, 0.25) is 0 Å². The van der Waals surface area contributed by atoms with E-state index in [9.17, 15) is 9.59 Å². The zero-order valence-electron chi connectivity index (χ0n) is 10.4. The monoisotopic (exact) mass is 258 g/mol. The third kappa shape index (κ3) is 2.30. The first-order chi connectivity index (χ1) is 7.98.